The number of nitrogens with one attached hydrogen (secondary N) is 2. The van der Waals surface area contributed by atoms with Gasteiger partial charge in [0.15, 0.2) is 11.5 Å². The molecule has 0 spiro atoms. The lowest BCUT2D eigenvalue weighted by molar-refractivity contribution is -0.135. The Kier molecular flexibility index (Phi) is 9.08. The average molecular weight is 453 g/mol. The van der Waals surface area contributed by atoms with Gasteiger partial charge in [0.1, 0.15) is 6.04 Å². The molecule has 9 nitrogen and oxygen atoms in total. The molecule has 1 atom stereocenters. The molecule has 3 amide bonds. The number of carbonyl (C=O) groups excluding carboxylic acids is 3. The number of amides is 3. The van der Waals surface area contributed by atoms with Gasteiger partial charge in [-0.2, -0.15) is 0 Å². The number of nitrogens with zero attached hydrogens (tertiary/aromatic N) is 3. The summed E-state index contributed by atoms with van der Waals surface area (Å²) in [6, 6.07) is 6.99. The maximum absolute atomic E-state index is 12.4. The minimum absolute atomic E-state index is 0.0979. The van der Waals surface area contributed by atoms with Crippen LogP contribution in [-0.2, 0) is 22.4 Å². The molecule has 0 aliphatic carbocycles. The smallest absolute Gasteiger partial charge is 0.271 e. The van der Waals surface area contributed by atoms with E-state index in [4.69, 9.17) is 5.73 Å². The van der Waals surface area contributed by atoms with Crippen molar-refractivity contribution in [3.63, 3.8) is 0 Å². The van der Waals surface area contributed by atoms with E-state index >= 15 is 0 Å². The molecule has 0 saturated heterocycles. The summed E-state index contributed by atoms with van der Waals surface area (Å²) in [4.78, 5) is 46.4. The Morgan fingerprint density at radius 2 is 1.97 bits per heavy atom. The van der Waals surface area contributed by atoms with E-state index in [-0.39, 0.29) is 17.5 Å². The second-order valence-corrected chi connectivity index (χ2v) is 7.66. The molecule has 4 N–H and O–H groups in total. The molecule has 2 aromatic rings. The third kappa shape index (κ3) is 6.86. The van der Waals surface area contributed by atoms with Crippen LogP contribution in [0.2, 0.25) is 0 Å². The number of anilines is 2. The van der Waals surface area contributed by atoms with Crippen LogP contribution in [0.25, 0.3) is 0 Å². The monoisotopic (exact) mass is 452 g/mol. The average Bonchev–Trinajstić information content (AvgIpc) is 2.78. The zero-order chi connectivity index (χ0) is 24.5. The van der Waals surface area contributed by atoms with E-state index < -0.39 is 11.9 Å². The molecule has 33 heavy (non-hydrogen) atoms. The number of rotatable bonds is 10. The van der Waals surface area contributed by atoms with Crippen LogP contribution in [-0.4, -0.2) is 52.2 Å². The summed E-state index contributed by atoms with van der Waals surface area (Å²) < 4.78 is 0. The zero-order valence-corrected chi connectivity index (χ0v) is 19.8. The molecule has 0 radical (unpaired) electrons. The molecule has 0 aliphatic rings. The van der Waals surface area contributed by atoms with Crippen LogP contribution >= 0.6 is 0 Å². The number of primary amides is 1. The second-order valence-electron chi connectivity index (χ2n) is 7.66. The van der Waals surface area contributed by atoms with Gasteiger partial charge in [-0.05, 0) is 57.4 Å². The largest absolute Gasteiger partial charge is 0.364 e. The summed E-state index contributed by atoms with van der Waals surface area (Å²) >= 11 is 0. The Labute approximate surface area is 194 Å². The van der Waals surface area contributed by atoms with Crippen molar-refractivity contribution in [1.82, 2.24) is 20.2 Å². The number of nitrogens with two attached hydrogens (primary N) is 1. The van der Waals surface area contributed by atoms with Crippen LogP contribution in [0, 0.1) is 6.92 Å². The Hall–Kier alpha value is -3.75. The predicted molar refractivity (Wildman–Crippen MR) is 128 cm³/mol. The van der Waals surface area contributed by atoms with Gasteiger partial charge in [-0.1, -0.05) is 25.1 Å². The standard InChI is InChI=1S/C24H32N6O3/c1-6-9-20(31)30(5)16(4)24(33)26-13-12-17-10-8-11-18(14-17)28-23-21(22(25)32)29-19(7-2)15(3)27-23/h6,8-11,14,16H,7,12-13H2,1-5H3,(H2,25,32)(H,26,33)(H,27,28)/t16-/m0/s1. The fourth-order valence-corrected chi connectivity index (χ4v) is 3.19. The Morgan fingerprint density at radius 1 is 1.24 bits per heavy atom. The van der Waals surface area contributed by atoms with Crippen LogP contribution in [0.3, 0.4) is 0 Å². The van der Waals surface area contributed by atoms with Gasteiger partial charge in [-0.15, -0.1) is 0 Å². The van der Waals surface area contributed by atoms with E-state index in [2.05, 4.69) is 20.6 Å². The van der Waals surface area contributed by atoms with E-state index in [9.17, 15) is 14.4 Å². The summed E-state index contributed by atoms with van der Waals surface area (Å²) in [5.41, 5.74) is 8.76. The molecule has 0 unspecified atom stereocenters. The summed E-state index contributed by atoms with van der Waals surface area (Å²) in [6.07, 6.45) is 4.30. The van der Waals surface area contributed by atoms with Crippen molar-refractivity contribution in [3.05, 3.63) is 59.1 Å². The van der Waals surface area contributed by atoms with E-state index in [0.29, 0.717) is 25.2 Å². The van der Waals surface area contributed by atoms with Crippen molar-refractivity contribution in [1.29, 1.82) is 0 Å². The highest BCUT2D eigenvalue weighted by Crippen LogP contribution is 2.20. The Balaban J connectivity index is 2.03. The lowest BCUT2D eigenvalue weighted by Crippen LogP contribution is -2.45. The first-order valence-electron chi connectivity index (χ1n) is 10.9. The lowest BCUT2D eigenvalue weighted by atomic mass is 10.1. The minimum Gasteiger partial charge on any atom is -0.364 e. The topological polar surface area (TPSA) is 130 Å². The van der Waals surface area contributed by atoms with Gasteiger partial charge in [0, 0.05) is 19.3 Å². The van der Waals surface area contributed by atoms with Crippen LogP contribution in [0.15, 0.2) is 36.4 Å². The van der Waals surface area contributed by atoms with Crippen molar-refractivity contribution in [3.8, 4) is 0 Å². The van der Waals surface area contributed by atoms with E-state index in [1.807, 2.05) is 38.1 Å². The fraction of sp³-hybridized carbons (Fsp3) is 0.375. The maximum Gasteiger partial charge on any atom is 0.271 e. The molecule has 0 saturated carbocycles. The first-order valence-corrected chi connectivity index (χ1v) is 10.9. The van der Waals surface area contributed by atoms with Crippen LogP contribution in [0.4, 0.5) is 11.5 Å². The second kappa shape index (κ2) is 11.8. The molecule has 176 valence electrons. The van der Waals surface area contributed by atoms with Crippen LogP contribution < -0.4 is 16.4 Å². The number of likely N-dealkylation sites (N-methyl/N-ethyl adjacent to an activating group) is 1. The number of hydrogen-bond donors (Lipinski definition) is 3. The van der Waals surface area contributed by atoms with Crippen LogP contribution in [0.5, 0.6) is 0 Å². The van der Waals surface area contributed by atoms with Gasteiger partial charge in [-0.25, -0.2) is 9.97 Å². The highest BCUT2D eigenvalue weighted by atomic mass is 16.2. The van der Waals surface area contributed by atoms with Crippen molar-refractivity contribution in [2.75, 3.05) is 18.9 Å². The normalized spacial score (nSPS) is 11.8. The molecule has 0 aliphatic heterocycles. The summed E-state index contributed by atoms with van der Waals surface area (Å²) in [7, 11) is 1.60. The van der Waals surface area contributed by atoms with Gasteiger partial charge in [-0.3, -0.25) is 14.4 Å². The van der Waals surface area contributed by atoms with Crippen molar-refractivity contribution >= 4 is 29.2 Å². The van der Waals surface area contributed by atoms with Crippen molar-refractivity contribution < 1.29 is 14.4 Å². The lowest BCUT2D eigenvalue weighted by Gasteiger charge is -2.22. The third-order valence-corrected chi connectivity index (χ3v) is 5.26. The summed E-state index contributed by atoms with van der Waals surface area (Å²) in [5.74, 6) is -0.784. The first kappa shape index (κ1) is 25.5. The molecule has 9 heteroatoms. The fourth-order valence-electron chi connectivity index (χ4n) is 3.19. The van der Waals surface area contributed by atoms with Crippen LogP contribution in [0.1, 0.15) is 48.2 Å². The van der Waals surface area contributed by atoms with Gasteiger partial charge in [0.2, 0.25) is 11.8 Å². The zero-order valence-electron chi connectivity index (χ0n) is 19.8. The molecular weight excluding hydrogens is 420 g/mol. The highest BCUT2D eigenvalue weighted by molar-refractivity contribution is 5.96. The molecule has 1 aromatic carbocycles. The molecule has 1 heterocycles. The highest BCUT2D eigenvalue weighted by Gasteiger charge is 2.20. The number of benzene rings is 1. The Bertz CT molecular complexity index is 1050. The maximum atomic E-state index is 12.4. The van der Waals surface area contributed by atoms with Gasteiger partial charge >= 0.3 is 0 Å². The summed E-state index contributed by atoms with van der Waals surface area (Å²) in [5, 5.41) is 5.99. The van der Waals surface area contributed by atoms with E-state index in [0.717, 1.165) is 22.6 Å². The minimum atomic E-state index is -0.648. The number of aromatic nitrogens is 2. The van der Waals surface area contributed by atoms with Gasteiger partial charge < -0.3 is 21.3 Å². The molecule has 0 bridgehead atoms. The molecule has 2 rings (SSSR count). The predicted octanol–water partition coefficient (Wildman–Crippen LogP) is 2.27. The number of aryl methyl sites for hydroxylation is 2. The number of hydrogen-bond acceptors (Lipinski definition) is 6. The van der Waals surface area contributed by atoms with Gasteiger partial charge in [0.25, 0.3) is 5.91 Å². The molecule has 1 aromatic heterocycles. The van der Waals surface area contributed by atoms with E-state index in [1.54, 1.807) is 27.0 Å². The SMILES string of the molecule is CC=CC(=O)N(C)[C@@H](C)C(=O)NCCc1cccc(Nc2nc(C)c(CC)nc2C(N)=O)c1. The molecular formula is C24H32N6O3. The Morgan fingerprint density at radius 3 is 2.61 bits per heavy atom. The third-order valence-electron chi connectivity index (χ3n) is 5.26. The molecule has 0 fully saturated rings. The van der Waals surface area contributed by atoms with Crippen molar-refractivity contribution in [2.45, 2.75) is 46.6 Å². The quantitative estimate of drug-likeness (QED) is 0.474. The first-order chi connectivity index (χ1) is 15.7. The number of carbonyl (C=O) groups is 3. The van der Waals surface area contributed by atoms with Crippen molar-refractivity contribution in [2.24, 2.45) is 5.73 Å². The summed E-state index contributed by atoms with van der Waals surface area (Å²) in [6.45, 7) is 7.63. The number of allylic oxidation sites excluding steroid dienone is 1. The van der Waals surface area contributed by atoms with Gasteiger partial charge in [0.05, 0.1) is 11.4 Å². The van der Waals surface area contributed by atoms with E-state index in [1.165, 1.54) is 11.0 Å².